The molecular weight excluding hydrogens is 264 g/mol. The minimum Gasteiger partial charge on any atom is -0.369 e. The van der Waals surface area contributed by atoms with Gasteiger partial charge in [0.05, 0.1) is 0 Å². The van der Waals surface area contributed by atoms with Crippen LogP contribution in [0.25, 0.3) is 0 Å². The van der Waals surface area contributed by atoms with Crippen molar-refractivity contribution in [3.05, 3.63) is 17.8 Å². The summed E-state index contributed by atoms with van der Waals surface area (Å²) in [7, 11) is -0.809. The monoisotopic (exact) mass is 284 g/mol. The van der Waals surface area contributed by atoms with Gasteiger partial charge in [-0.2, -0.15) is 0 Å². The summed E-state index contributed by atoms with van der Waals surface area (Å²) in [6.45, 7) is 5.03. The first-order valence-electron chi connectivity index (χ1n) is 6.22. The van der Waals surface area contributed by atoms with Crippen LogP contribution < -0.4 is 10.6 Å². The second-order valence-electron chi connectivity index (χ2n) is 4.19. The second-order valence-corrected chi connectivity index (χ2v) is 5.99. The van der Waals surface area contributed by atoms with Crippen LogP contribution in [-0.4, -0.2) is 44.9 Å². The molecule has 0 bridgehead atoms. The van der Waals surface area contributed by atoms with Gasteiger partial charge in [-0.15, -0.1) is 10.2 Å². The number of nitrogens with zero attached hydrogens (tertiary/aromatic N) is 2. The fourth-order valence-electron chi connectivity index (χ4n) is 1.37. The Labute approximate surface area is 115 Å². The Balaban J connectivity index is 2.44. The van der Waals surface area contributed by atoms with Gasteiger partial charge in [-0.3, -0.25) is 9.00 Å². The SMILES string of the molecule is CCNC(=O)c1ccc(NCCC(C)S(C)=O)nn1. The molecule has 2 unspecified atom stereocenters. The molecule has 0 aliphatic carbocycles. The summed E-state index contributed by atoms with van der Waals surface area (Å²) in [5.41, 5.74) is 0.301. The molecule has 19 heavy (non-hydrogen) atoms. The molecule has 0 saturated heterocycles. The van der Waals surface area contributed by atoms with E-state index in [-0.39, 0.29) is 11.2 Å². The molecule has 1 rings (SSSR count). The highest BCUT2D eigenvalue weighted by Crippen LogP contribution is 2.04. The number of nitrogens with one attached hydrogen (secondary N) is 2. The molecule has 6 nitrogen and oxygen atoms in total. The Morgan fingerprint density at radius 2 is 2.16 bits per heavy atom. The van der Waals surface area contributed by atoms with E-state index in [2.05, 4.69) is 20.8 Å². The number of hydrogen-bond acceptors (Lipinski definition) is 5. The highest BCUT2D eigenvalue weighted by Gasteiger charge is 2.08. The van der Waals surface area contributed by atoms with Gasteiger partial charge < -0.3 is 10.6 Å². The van der Waals surface area contributed by atoms with Crippen LogP contribution in [0.3, 0.4) is 0 Å². The fraction of sp³-hybridized carbons (Fsp3) is 0.583. The Kier molecular flexibility index (Phi) is 6.41. The smallest absolute Gasteiger partial charge is 0.271 e. The molecule has 1 heterocycles. The molecular formula is C12H20N4O2S. The van der Waals surface area contributed by atoms with Gasteiger partial charge in [0.2, 0.25) is 0 Å². The van der Waals surface area contributed by atoms with Crippen LogP contribution in [0.2, 0.25) is 0 Å². The quantitative estimate of drug-likeness (QED) is 0.773. The van der Waals surface area contributed by atoms with Gasteiger partial charge in [-0.05, 0) is 25.5 Å². The molecule has 0 aliphatic rings. The van der Waals surface area contributed by atoms with Gasteiger partial charge >= 0.3 is 0 Å². The molecule has 1 aromatic heterocycles. The van der Waals surface area contributed by atoms with Crippen LogP contribution >= 0.6 is 0 Å². The van der Waals surface area contributed by atoms with E-state index in [4.69, 9.17) is 0 Å². The first kappa shape index (κ1) is 15.6. The maximum Gasteiger partial charge on any atom is 0.271 e. The van der Waals surface area contributed by atoms with E-state index in [1.165, 1.54) is 0 Å². The summed E-state index contributed by atoms with van der Waals surface area (Å²) in [4.78, 5) is 11.5. The summed E-state index contributed by atoms with van der Waals surface area (Å²) in [5.74, 6) is 0.388. The Bertz CT molecular complexity index is 436. The highest BCUT2D eigenvalue weighted by atomic mass is 32.2. The van der Waals surface area contributed by atoms with Gasteiger partial charge in [0.1, 0.15) is 5.82 Å². The first-order valence-corrected chi connectivity index (χ1v) is 7.84. The average molecular weight is 284 g/mol. The molecule has 7 heteroatoms. The van der Waals surface area contributed by atoms with E-state index in [1.54, 1.807) is 18.4 Å². The van der Waals surface area contributed by atoms with Gasteiger partial charge in [0, 0.05) is 35.4 Å². The summed E-state index contributed by atoms with van der Waals surface area (Å²) < 4.78 is 11.2. The largest absolute Gasteiger partial charge is 0.369 e. The number of carbonyl (C=O) groups is 1. The second kappa shape index (κ2) is 7.83. The van der Waals surface area contributed by atoms with Crippen molar-refractivity contribution >= 4 is 22.5 Å². The van der Waals surface area contributed by atoms with Crippen LogP contribution in [0, 0.1) is 0 Å². The van der Waals surface area contributed by atoms with Crippen LogP contribution in [-0.2, 0) is 10.8 Å². The lowest BCUT2D eigenvalue weighted by atomic mass is 10.3. The minimum atomic E-state index is -0.809. The standard InChI is InChI=1S/C12H20N4O2S/c1-4-13-12(17)10-5-6-11(16-15-10)14-8-7-9(2)19(3)18/h5-6,9H,4,7-8H2,1-3H3,(H,13,17)(H,14,16). The lowest BCUT2D eigenvalue weighted by Gasteiger charge is -2.09. The van der Waals surface area contributed by atoms with E-state index < -0.39 is 10.8 Å². The number of anilines is 1. The molecule has 0 aliphatic heterocycles. The van der Waals surface area contributed by atoms with Crippen LogP contribution in [0.15, 0.2) is 12.1 Å². The molecule has 0 aromatic carbocycles. The van der Waals surface area contributed by atoms with Gasteiger partial charge in [0.15, 0.2) is 5.69 Å². The molecule has 1 amide bonds. The van der Waals surface area contributed by atoms with Gasteiger partial charge in [0.25, 0.3) is 5.91 Å². The summed E-state index contributed by atoms with van der Waals surface area (Å²) in [6.07, 6.45) is 2.49. The van der Waals surface area contributed by atoms with Crippen molar-refractivity contribution in [2.24, 2.45) is 0 Å². The van der Waals surface area contributed by atoms with Crippen molar-refractivity contribution in [3.63, 3.8) is 0 Å². The maximum absolute atomic E-state index is 11.5. The molecule has 0 spiro atoms. The first-order chi connectivity index (χ1) is 9.04. The van der Waals surface area contributed by atoms with Crippen LogP contribution in [0.5, 0.6) is 0 Å². The predicted molar refractivity (Wildman–Crippen MR) is 76.7 cm³/mol. The Morgan fingerprint density at radius 3 is 2.68 bits per heavy atom. The third-order valence-electron chi connectivity index (χ3n) is 2.66. The van der Waals surface area contributed by atoms with Crippen molar-refractivity contribution in [3.8, 4) is 0 Å². The van der Waals surface area contributed by atoms with Crippen LogP contribution in [0.1, 0.15) is 30.8 Å². The molecule has 106 valence electrons. The van der Waals surface area contributed by atoms with E-state index in [0.29, 0.717) is 24.6 Å². The van der Waals surface area contributed by atoms with E-state index in [9.17, 15) is 9.00 Å². The van der Waals surface area contributed by atoms with Crippen LogP contribution in [0.4, 0.5) is 5.82 Å². The zero-order chi connectivity index (χ0) is 14.3. The fourth-order valence-corrected chi connectivity index (χ4v) is 1.82. The van der Waals surface area contributed by atoms with E-state index >= 15 is 0 Å². The zero-order valence-electron chi connectivity index (χ0n) is 11.5. The molecule has 0 saturated carbocycles. The number of amides is 1. The number of hydrogen-bond donors (Lipinski definition) is 2. The molecule has 0 radical (unpaired) electrons. The summed E-state index contributed by atoms with van der Waals surface area (Å²) in [5, 5.41) is 13.7. The van der Waals surface area contributed by atoms with Crippen molar-refractivity contribution in [1.82, 2.24) is 15.5 Å². The highest BCUT2D eigenvalue weighted by molar-refractivity contribution is 7.84. The lowest BCUT2D eigenvalue weighted by molar-refractivity contribution is 0.0950. The topological polar surface area (TPSA) is 84.0 Å². The average Bonchev–Trinajstić information content (AvgIpc) is 2.39. The molecule has 1 aromatic rings. The number of carbonyl (C=O) groups excluding carboxylic acids is 1. The van der Waals surface area contributed by atoms with E-state index in [0.717, 1.165) is 6.42 Å². The molecule has 2 N–H and O–H groups in total. The zero-order valence-corrected chi connectivity index (χ0v) is 12.3. The van der Waals surface area contributed by atoms with Crippen molar-refractivity contribution < 1.29 is 9.00 Å². The lowest BCUT2D eigenvalue weighted by Crippen LogP contribution is -2.24. The molecule has 0 fully saturated rings. The summed E-state index contributed by atoms with van der Waals surface area (Å²) in [6, 6.07) is 3.34. The Hall–Kier alpha value is -1.50. The minimum absolute atomic E-state index is 0.148. The van der Waals surface area contributed by atoms with Crippen molar-refractivity contribution in [2.45, 2.75) is 25.5 Å². The normalized spacial score (nSPS) is 13.6. The number of aromatic nitrogens is 2. The van der Waals surface area contributed by atoms with Crippen molar-refractivity contribution in [1.29, 1.82) is 0 Å². The third kappa shape index (κ3) is 5.34. The van der Waals surface area contributed by atoms with Gasteiger partial charge in [-0.25, -0.2) is 0 Å². The maximum atomic E-state index is 11.5. The summed E-state index contributed by atoms with van der Waals surface area (Å²) >= 11 is 0. The number of rotatable bonds is 7. The third-order valence-corrected chi connectivity index (χ3v) is 4.03. The molecule has 2 atom stereocenters. The van der Waals surface area contributed by atoms with E-state index in [1.807, 2.05) is 13.8 Å². The van der Waals surface area contributed by atoms with Gasteiger partial charge in [-0.1, -0.05) is 6.92 Å². The predicted octanol–water partition coefficient (Wildman–Crippen LogP) is 0.795. The Morgan fingerprint density at radius 1 is 1.42 bits per heavy atom. The van der Waals surface area contributed by atoms with Crippen molar-refractivity contribution in [2.75, 3.05) is 24.7 Å².